The molecule has 2 saturated carbocycles. The fourth-order valence-electron chi connectivity index (χ4n) is 4.87. The molecule has 0 bridgehead atoms. The Bertz CT molecular complexity index is 1270. The highest BCUT2D eigenvalue weighted by Gasteiger charge is 2.39. The van der Waals surface area contributed by atoms with Crippen LogP contribution in [0.15, 0.2) is 53.1 Å². The van der Waals surface area contributed by atoms with Gasteiger partial charge in [0.2, 0.25) is 11.8 Å². The third-order valence-electron chi connectivity index (χ3n) is 7.34. The summed E-state index contributed by atoms with van der Waals surface area (Å²) in [6, 6.07) is 14.4. The van der Waals surface area contributed by atoms with Crippen LogP contribution in [0, 0.1) is 18.8 Å². The number of nitrogens with zero attached hydrogens (tertiary/aromatic N) is 2. The van der Waals surface area contributed by atoms with Gasteiger partial charge in [-0.05, 0) is 73.8 Å². The lowest BCUT2D eigenvalue weighted by Crippen LogP contribution is -2.41. The van der Waals surface area contributed by atoms with Gasteiger partial charge in [0, 0.05) is 19.0 Å². The summed E-state index contributed by atoms with van der Waals surface area (Å²) in [5.74, 6) is 1.85. The molecule has 7 nitrogen and oxygen atoms in total. The zero-order chi connectivity index (χ0) is 24.6. The maximum atomic E-state index is 13.2. The molecule has 2 fully saturated rings. The Labute approximate surface area is 210 Å². The number of carbonyl (C=O) groups is 2. The van der Waals surface area contributed by atoms with Crippen molar-refractivity contribution in [1.29, 1.82) is 0 Å². The third-order valence-corrected chi connectivity index (χ3v) is 7.34. The van der Waals surface area contributed by atoms with Gasteiger partial charge >= 0.3 is 0 Å². The van der Waals surface area contributed by atoms with Crippen molar-refractivity contribution in [3.63, 3.8) is 0 Å². The van der Waals surface area contributed by atoms with E-state index >= 15 is 0 Å². The van der Waals surface area contributed by atoms with Crippen molar-refractivity contribution in [3.05, 3.63) is 82.6 Å². The van der Waals surface area contributed by atoms with Gasteiger partial charge in [0.05, 0.1) is 6.04 Å². The van der Waals surface area contributed by atoms with E-state index in [0.717, 1.165) is 36.9 Å². The average molecular weight is 486 g/mol. The summed E-state index contributed by atoms with van der Waals surface area (Å²) in [6.07, 6.45) is 6.54. The number of aryl methyl sites for hydroxylation is 1. The van der Waals surface area contributed by atoms with E-state index in [-0.39, 0.29) is 36.1 Å². The summed E-state index contributed by atoms with van der Waals surface area (Å²) < 4.78 is 11.5. The average Bonchev–Trinajstić information content (AvgIpc) is 3.84. The molecule has 1 aromatic heterocycles. The monoisotopic (exact) mass is 485 g/mol. The number of ether oxygens (including phenoxy) is 1. The van der Waals surface area contributed by atoms with Crippen molar-refractivity contribution >= 4 is 11.8 Å². The van der Waals surface area contributed by atoms with E-state index in [1.165, 1.54) is 30.2 Å². The standard InChI is InChI=1S/C29H31N3O4/c1-18-2-6-21(7-3-18)27-24-14-23(11-10-20(24)12-13-32(27)29(34)22-8-9-22)35-17-26-31-25(16-36-26)28(33)30-15-19-4-5-19/h2-3,6-7,10-11,14,16,19,22,27H,4-5,8-9,12-13,15,17H2,1H3,(H,30,33)/t27-/m1/s1. The van der Waals surface area contributed by atoms with Gasteiger partial charge in [-0.3, -0.25) is 9.59 Å². The van der Waals surface area contributed by atoms with Crippen molar-refractivity contribution in [1.82, 2.24) is 15.2 Å². The van der Waals surface area contributed by atoms with Crippen molar-refractivity contribution in [2.45, 2.75) is 51.7 Å². The number of hydrogen-bond acceptors (Lipinski definition) is 5. The number of aromatic nitrogens is 1. The molecule has 2 aromatic carbocycles. The van der Waals surface area contributed by atoms with Crippen LogP contribution < -0.4 is 10.1 Å². The maximum absolute atomic E-state index is 13.2. The van der Waals surface area contributed by atoms with Gasteiger partial charge in [-0.1, -0.05) is 35.9 Å². The van der Waals surface area contributed by atoms with Crippen LogP contribution in [0.1, 0.15) is 70.4 Å². The van der Waals surface area contributed by atoms with Gasteiger partial charge < -0.3 is 19.4 Å². The lowest BCUT2D eigenvalue weighted by Gasteiger charge is -2.38. The number of hydrogen-bond donors (Lipinski definition) is 1. The first kappa shape index (κ1) is 22.8. The predicted molar refractivity (Wildman–Crippen MR) is 133 cm³/mol. The van der Waals surface area contributed by atoms with Crippen LogP contribution in [0.3, 0.4) is 0 Å². The number of benzene rings is 2. The van der Waals surface area contributed by atoms with Crippen molar-refractivity contribution in [2.24, 2.45) is 11.8 Å². The van der Waals surface area contributed by atoms with Gasteiger partial charge in [-0.25, -0.2) is 4.98 Å². The van der Waals surface area contributed by atoms with E-state index in [4.69, 9.17) is 9.15 Å². The molecule has 0 unspecified atom stereocenters. The Kier molecular flexibility index (Phi) is 5.99. The van der Waals surface area contributed by atoms with Gasteiger partial charge in [0.15, 0.2) is 12.3 Å². The minimum Gasteiger partial charge on any atom is -0.484 e. The van der Waals surface area contributed by atoms with Gasteiger partial charge in [-0.2, -0.15) is 0 Å². The molecule has 2 aliphatic carbocycles. The Hall–Kier alpha value is -3.61. The van der Waals surface area contributed by atoms with E-state index in [2.05, 4.69) is 52.5 Å². The fourth-order valence-corrected chi connectivity index (χ4v) is 4.87. The lowest BCUT2D eigenvalue weighted by molar-refractivity contribution is -0.134. The smallest absolute Gasteiger partial charge is 0.273 e. The van der Waals surface area contributed by atoms with E-state index in [9.17, 15) is 9.59 Å². The first-order valence-corrected chi connectivity index (χ1v) is 12.9. The second-order valence-electron chi connectivity index (χ2n) is 10.3. The van der Waals surface area contributed by atoms with Crippen LogP contribution in [0.5, 0.6) is 5.75 Å². The summed E-state index contributed by atoms with van der Waals surface area (Å²) in [4.78, 5) is 31.8. The Morgan fingerprint density at radius 2 is 1.92 bits per heavy atom. The van der Waals surface area contributed by atoms with E-state index < -0.39 is 0 Å². The minimum atomic E-state index is -0.216. The molecule has 2 heterocycles. The highest BCUT2D eigenvalue weighted by Crippen LogP contribution is 2.41. The molecule has 3 aliphatic rings. The van der Waals surface area contributed by atoms with E-state index in [1.807, 2.05) is 12.1 Å². The van der Waals surface area contributed by atoms with Crippen LogP contribution in [0.4, 0.5) is 0 Å². The SMILES string of the molecule is Cc1ccc([C@@H]2c3cc(OCc4nc(C(=O)NCC5CC5)co4)ccc3CCN2C(=O)C2CC2)cc1. The molecule has 36 heavy (non-hydrogen) atoms. The van der Waals surface area contributed by atoms with Gasteiger partial charge in [0.25, 0.3) is 5.91 Å². The highest BCUT2D eigenvalue weighted by atomic mass is 16.5. The largest absolute Gasteiger partial charge is 0.484 e. The van der Waals surface area contributed by atoms with Crippen molar-refractivity contribution in [2.75, 3.05) is 13.1 Å². The predicted octanol–water partition coefficient (Wildman–Crippen LogP) is 4.59. The molecule has 1 aliphatic heterocycles. The number of oxazole rings is 1. The molecule has 0 spiro atoms. The molecule has 0 saturated heterocycles. The summed E-state index contributed by atoms with van der Waals surface area (Å²) in [5.41, 5.74) is 4.91. The Morgan fingerprint density at radius 1 is 1.11 bits per heavy atom. The first-order valence-electron chi connectivity index (χ1n) is 12.9. The van der Waals surface area contributed by atoms with Crippen LogP contribution in [0.25, 0.3) is 0 Å². The third kappa shape index (κ3) is 4.87. The highest BCUT2D eigenvalue weighted by molar-refractivity contribution is 5.91. The Balaban J connectivity index is 1.20. The van der Waals surface area contributed by atoms with Gasteiger partial charge in [-0.15, -0.1) is 0 Å². The molecule has 7 heteroatoms. The van der Waals surface area contributed by atoms with Gasteiger partial charge in [0.1, 0.15) is 12.0 Å². The van der Waals surface area contributed by atoms with Crippen molar-refractivity contribution in [3.8, 4) is 5.75 Å². The molecule has 1 atom stereocenters. The Morgan fingerprint density at radius 3 is 2.67 bits per heavy atom. The molecular weight excluding hydrogens is 454 g/mol. The van der Waals surface area contributed by atoms with Crippen LogP contribution in [-0.4, -0.2) is 34.8 Å². The fraction of sp³-hybridized carbons (Fsp3) is 0.414. The topological polar surface area (TPSA) is 84.7 Å². The molecule has 6 rings (SSSR count). The van der Waals surface area contributed by atoms with E-state index in [1.54, 1.807) is 0 Å². The number of amides is 2. The zero-order valence-electron chi connectivity index (χ0n) is 20.5. The number of carbonyl (C=O) groups excluding carboxylic acids is 2. The molecule has 186 valence electrons. The minimum absolute atomic E-state index is 0.120. The number of nitrogens with one attached hydrogen (secondary N) is 1. The summed E-state index contributed by atoms with van der Waals surface area (Å²) >= 11 is 0. The lowest BCUT2D eigenvalue weighted by atomic mass is 9.87. The molecular formula is C29H31N3O4. The number of rotatable bonds is 8. The van der Waals surface area contributed by atoms with Crippen LogP contribution >= 0.6 is 0 Å². The molecule has 3 aromatic rings. The zero-order valence-corrected chi connectivity index (χ0v) is 20.5. The summed E-state index contributed by atoms with van der Waals surface area (Å²) in [6.45, 7) is 3.61. The van der Waals surface area contributed by atoms with Crippen molar-refractivity contribution < 1.29 is 18.7 Å². The maximum Gasteiger partial charge on any atom is 0.273 e. The second-order valence-corrected chi connectivity index (χ2v) is 10.3. The van der Waals surface area contributed by atoms with Crippen LogP contribution in [0.2, 0.25) is 0 Å². The molecule has 1 N–H and O–H groups in total. The quantitative estimate of drug-likeness (QED) is 0.505. The normalized spacial score (nSPS) is 19.0. The molecule has 2 amide bonds. The first-order chi connectivity index (χ1) is 17.5. The molecule has 0 radical (unpaired) electrons. The number of fused-ring (bicyclic) bond motifs is 1. The van der Waals surface area contributed by atoms with E-state index in [0.29, 0.717) is 24.1 Å². The summed E-state index contributed by atoms with van der Waals surface area (Å²) in [5, 5.41) is 2.90. The second kappa shape index (κ2) is 9.45. The summed E-state index contributed by atoms with van der Waals surface area (Å²) in [7, 11) is 0. The van der Waals surface area contributed by atoms with Crippen LogP contribution in [-0.2, 0) is 17.8 Å².